The molecule has 2 aromatic carbocycles. The van der Waals surface area contributed by atoms with Crippen molar-refractivity contribution in [1.29, 1.82) is 0 Å². The van der Waals surface area contributed by atoms with Gasteiger partial charge in [-0.1, -0.05) is 35.9 Å². The van der Waals surface area contributed by atoms with Gasteiger partial charge in [0.15, 0.2) is 0 Å². The minimum absolute atomic E-state index is 0.279. The van der Waals surface area contributed by atoms with E-state index in [0.717, 1.165) is 22.8 Å². The average Bonchev–Trinajstić information content (AvgIpc) is 2.53. The molecule has 4 nitrogen and oxygen atoms in total. The Morgan fingerprint density at radius 2 is 1.79 bits per heavy atom. The standard InChI is InChI=1S/C18H15FN2O2S/c1-12-4-2-5-13(8-12)17-6-3-7-21-18(17)14-9-15(19)11-16(10-14)24(20,22)23/h2-11H,1H3,(H2,20,22,23). The number of halogens is 1. The number of aromatic nitrogens is 1. The van der Waals surface area contributed by atoms with Crippen LogP contribution in [0.2, 0.25) is 0 Å². The second kappa shape index (κ2) is 6.14. The van der Waals surface area contributed by atoms with Gasteiger partial charge in [-0.25, -0.2) is 17.9 Å². The Labute approximate surface area is 139 Å². The van der Waals surface area contributed by atoms with E-state index in [2.05, 4.69) is 4.98 Å². The van der Waals surface area contributed by atoms with Crippen LogP contribution in [0.15, 0.2) is 65.7 Å². The summed E-state index contributed by atoms with van der Waals surface area (Å²) in [7, 11) is -4.01. The summed E-state index contributed by atoms with van der Waals surface area (Å²) < 4.78 is 37.0. The highest BCUT2D eigenvalue weighted by Gasteiger charge is 2.15. The quantitative estimate of drug-likeness (QED) is 0.791. The minimum atomic E-state index is -4.01. The van der Waals surface area contributed by atoms with Crippen LogP contribution in [0.1, 0.15) is 5.56 Å². The molecular formula is C18H15FN2O2S. The maximum Gasteiger partial charge on any atom is 0.238 e. The highest BCUT2D eigenvalue weighted by atomic mass is 32.2. The lowest BCUT2D eigenvalue weighted by molar-refractivity contribution is 0.592. The highest BCUT2D eigenvalue weighted by Crippen LogP contribution is 2.32. The number of primary sulfonamides is 1. The van der Waals surface area contributed by atoms with Gasteiger partial charge in [0.2, 0.25) is 10.0 Å². The molecule has 0 amide bonds. The first-order chi connectivity index (χ1) is 11.3. The van der Waals surface area contributed by atoms with Crippen molar-refractivity contribution in [2.75, 3.05) is 0 Å². The maximum absolute atomic E-state index is 13.9. The van der Waals surface area contributed by atoms with Gasteiger partial charge in [0.25, 0.3) is 0 Å². The minimum Gasteiger partial charge on any atom is -0.256 e. The molecule has 0 bridgehead atoms. The number of pyridine rings is 1. The molecule has 0 spiro atoms. The molecule has 3 rings (SSSR count). The smallest absolute Gasteiger partial charge is 0.238 e. The first-order valence-electron chi connectivity index (χ1n) is 7.20. The van der Waals surface area contributed by atoms with Gasteiger partial charge in [-0.2, -0.15) is 0 Å². The lowest BCUT2D eigenvalue weighted by Crippen LogP contribution is -2.12. The van der Waals surface area contributed by atoms with E-state index in [9.17, 15) is 12.8 Å². The third kappa shape index (κ3) is 3.34. The van der Waals surface area contributed by atoms with Crippen molar-refractivity contribution in [3.8, 4) is 22.4 Å². The topological polar surface area (TPSA) is 73.0 Å². The van der Waals surface area contributed by atoms with Crippen LogP contribution in [0.25, 0.3) is 22.4 Å². The number of hydrogen-bond donors (Lipinski definition) is 1. The van der Waals surface area contributed by atoms with Crippen molar-refractivity contribution in [3.63, 3.8) is 0 Å². The molecule has 122 valence electrons. The van der Waals surface area contributed by atoms with E-state index in [4.69, 9.17) is 5.14 Å². The molecule has 0 saturated carbocycles. The normalized spacial score (nSPS) is 11.5. The molecule has 1 heterocycles. The van der Waals surface area contributed by atoms with E-state index in [1.54, 1.807) is 12.3 Å². The molecule has 2 N–H and O–H groups in total. The first kappa shape index (κ1) is 16.3. The molecule has 6 heteroatoms. The molecule has 0 saturated heterocycles. The predicted octanol–water partition coefficient (Wildman–Crippen LogP) is 3.51. The van der Waals surface area contributed by atoms with Gasteiger partial charge in [0.05, 0.1) is 10.6 Å². The van der Waals surface area contributed by atoms with Gasteiger partial charge in [-0.3, -0.25) is 4.98 Å². The summed E-state index contributed by atoms with van der Waals surface area (Å²) in [5, 5.41) is 5.13. The van der Waals surface area contributed by atoms with E-state index in [1.807, 2.05) is 37.3 Å². The van der Waals surface area contributed by atoms with Crippen molar-refractivity contribution in [2.45, 2.75) is 11.8 Å². The fraction of sp³-hybridized carbons (Fsp3) is 0.0556. The molecule has 0 atom stereocenters. The molecular weight excluding hydrogens is 327 g/mol. The van der Waals surface area contributed by atoms with Gasteiger partial charge < -0.3 is 0 Å². The van der Waals surface area contributed by atoms with Gasteiger partial charge in [-0.15, -0.1) is 0 Å². The Bertz CT molecular complexity index is 1020. The number of nitrogens with two attached hydrogens (primary N) is 1. The zero-order valence-electron chi connectivity index (χ0n) is 12.9. The second-order valence-electron chi connectivity index (χ2n) is 5.49. The largest absolute Gasteiger partial charge is 0.256 e. The van der Waals surface area contributed by atoms with Gasteiger partial charge >= 0.3 is 0 Å². The summed E-state index contributed by atoms with van der Waals surface area (Å²) in [5.74, 6) is -0.683. The van der Waals surface area contributed by atoms with E-state index < -0.39 is 15.8 Å². The zero-order valence-corrected chi connectivity index (χ0v) is 13.7. The predicted molar refractivity (Wildman–Crippen MR) is 91.2 cm³/mol. The van der Waals surface area contributed by atoms with Crippen LogP contribution < -0.4 is 5.14 Å². The van der Waals surface area contributed by atoms with Crippen LogP contribution >= 0.6 is 0 Å². The van der Waals surface area contributed by atoms with Crippen molar-refractivity contribution in [3.05, 3.63) is 72.2 Å². The fourth-order valence-electron chi connectivity index (χ4n) is 2.54. The zero-order chi connectivity index (χ0) is 17.3. The monoisotopic (exact) mass is 342 g/mol. The van der Waals surface area contributed by atoms with E-state index in [-0.39, 0.29) is 4.90 Å². The van der Waals surface area contributed by atoms with E-state index >= 15 is 0 Å². The molecule has 0 aliphatic heterocycles. The maximum atomic E-state index is 13.9. The molecule has 24 heavy (non-hydrogen) atoms. The lowest BCUT2D eigenvalue weighted by atomic mass is 9.98. The third-order valence-corrected chi connectivity index (χ3v) is 4.50. The molecule has 0 aliphatic carbocycles. The van der Waals surface area contributed by atoms with Crippen molar-refractivity contribution in [2.24, 2.45) is 5.14 Å². The third-order valence-electron chi connectivity index (χ3n) is 3.61. The molecule has 0 aliphatic rings. The van der Waals surface area contributed by atoms with Crippen molar-refractivity contribution >= 4 is 10.0 Å². The number of rotatable bonds is 3. The Kier molecular flexibility index (Phi) is 4.17. The van der Waals surface area contributed by atoms with Crippen LogP contribution in [0.4, 0.5) is 4.39 Å². The molecule has 3 aromatic rings. The average molecular weight is 342 g/mol. The SMILES string of the molecule is Cc1cccc(-c2cccnc2-c2cc(F)cc(S(N)(=O)=O)c2)c1. The van der Waals surface area contributed by atoms with Crippen molar-refractivity contribution < 1.29 is 12.8 Å². The Balaban J connectivity index is 2.23. The number of benzene rings is 2. The fourth-order valence-corrected chi connectivity index (χ4v) is 3.11. The Hall–Kier alpha value is -2.57. The van der Waals surface area contributed by atoms with Crippen LogP contribution in [0.5, 0.6) is 0 Å². The summed E-state index contributed by atoms with van der Waals surface area (Å²) in [6.45, 7) is 1.97. The van der Waals surface area contributed by atoms with E-state index in [0.29, 0.717) is 11.3 Å². The second-order valence-corrected chi connectivity index (χ2v) is 7.05. The Morgan fingerprint density at radius 1 is 1.00 bits per heavy atom. The molecule has 0 fully saturated rings. The van der Waals surface area contributed by atoms with Crippen LogP contribution in [-0.4, -0.2) is 13.4 Å². The summed E-state index contributed by atoms with van der Waals surface area (Å²) in [5.41, 5.74) is 3.63. The first-order valence-corrected chi connectivity index (χ1v) is 8.75. The van der Waals surface area contributed by atoms with Crippen molar-refractivity contribution in [1.82, 2.24) is 4.98 Å². The summed E-state index contributed by atoms with van der Waals surface area (Å²) in [6, 6.07) is 14.9. The lowest BCUT2D eigenvalue weighted by Gasteiger charge is -2.11. The van der Waals surface area contributed by atoms with Crippen LogP contribution in [0.3, 0.4) is 0 Å². The van der Waals surface area contributed by atoms with E-state index in [1.165, 1.54) is 12.1 Å². The summed E-state index contributed by atoms with van der Waals surface area (Å²) >= 11 is 0. The Morgan fingerprint density at radius 3 is 2.50 bits per heavy atom. The molecule has 0 radical (unpaired) electrons. The van der Waals surface area contributed by atoms with Crippen LogP contribution in [0, 0.1) is 12.7 Å². The summed E-state index contributed by atoms with van der Waals surface area (Å²) in [6.07, 6.45) is 1.58. The number of nitrogens with zero attached hydrogens (tertiary/aromatic N) is 1. The van der Waals surface area contributed by atoms with Gasteiger partial charge in [0, 0.05) is 17.3 Å². The highest BCUT2D eigenvalue weighted by molar-refractivity contribution is 7.89. The molecule has 0 unspecified atom stereocenters. The summed E-state index contributed by atoms with van der Waals surface area (Å²) in [4.78, 5) is 4.04. The number of hydrogen-bond acceptors (Lipinski definition) is 3. The van der Waals surface area contributed by atoms with Gasteiger partial charge in [-0.05, 0) is 36.8 Å². The number of sulfonamides is 1. The van der Waals surface area contributed by atoms with Gasteiger partial charge in [0.1, 0.15) is 5.82 Å². The molecule has 1 aromatic heterocycles. The van der Waals surface area contributed by atoms with Crippen LogP contribution in [-0.2, 0) is 10.0 Å². The number of aryl methyl sites for hydroxylation is 1.